The molecular formula is C31H35Zr. The van der Waals surface area contributed by atoms with Crippen molar-refractivity contribution in [2.24, 2.45) is 23.7 Å². The second kappa shape index (κ2) is 7.53. The van der Waals surface area contributed by atoms with Crippen LogP contribution in [0.1, 0.15) is 91.4 Å². The van der Waals surface area contributed by atoms with Crippen molar-refractivity contribution in [2.75, 3.05) is 0 Å². The normalized spacial score (nSPS) is 35.6. The van der Waals surface area contributed by atoms with E-state index in [9.17, 15) is 0 Å². The van der Waals surface area contributed by atoms with Gasteiger partial charge in [0.15, 0.2) is 0 Å². The molecule has 1 atom stereocenters. The molecule has 0 aromatic heterocycles. The molecule has 0 spiro atoms. The Kier molecular flexibility index (Phi) is 4.81. The fourth-order valence-electron chi connectivity index (χ4n) is 9.24. The topological polar surface area (TPSA) is 0 Å². The summed E-state index contributed by atoms with van der Waals surface area (Å²) >= 11 is 1.67. The van der Waals surface area contributed by atoms with E-state index in [0.29, 0.717) is 9.04 Å². The maximum atomic E-state index is 2.53. The molecule has 0 amide bonds. The summed E-state index contributed by atoms with van der Waals surface area (Å²) in [6.45, 7) is 2.43. The molecule has 5 saturated carbocycles. The van der Waals surface area contributed by atoms with Crippen molar-refractivity contribution in [1.82, 2.24) is 0 Å². The first-order valence-electron chi connectivity index (χ1n) is 13.3. The molecular weight excluding hydrogens is 464 g/mol. The molecule has 2 aromatic rings. The van der Waals surface area contributed by atoms with E-state index < -0.39 is 0 Å². The summed E-state index contributed by atoms with van der Waals surface area (Å²) in [6.07, 6.45) is 14.7. The van der Waals surface area contributed by atoms with Crippen molar-refractivity contribution in [3.63, 3.8) is 0 Å². The molecule has 8 rings (SSSR count). The maximum absolute atomic E-state index is 2.53. The summed E-state index contributed by atoms with van der Waals surface area (Å²) in [4.78, 5) is 0. The van der Waals surface area contributed by atoms with Crippen LogP contribution in [0, 0.1) is 23.7 Å². The van der Waals surface area contributed by atoms with Crippen LogP contribution in [-0.4, -0.2) is 0 Å². The Hall–Kier alpha value is -0.937. The summed E-state index contributed by atoms with van der Waals surface area (Å²) < 4.78 is 0.687. The number of hydrogen-bond donors (Lipinski definition) is 0. The Morgan fingerprint density at radius 1 is 0.812 bits per heavy atom. The van der Waals surface area contributed by atoms with Gasteiger partial charge in [0.1, 0.15) is 0 Å². The Balaban J connectivity index is 1.25. The van der Waals surface area contributed by atoms with Gasteiger partial charge in [-0.2, -0.15) is 0 Å². The van der Waals surface area contributed by atoms with Crippen LogP contribution in [0.4, 0.5) is 0 Å². The van der Waals surface area contributed by atoms with E-state index in [-0.39, 0.29) is 0 Å². The fourth-order valence-corrected chi connectivity index (χ4v) is 10.9. The zero-order valence-electron chi connectivity index (χ0n) is 19.5. The molecule has 32 heavy (non-hydrogen) atoms. The molecule has 163 valence electrons. The molecule has 0 aliphatic heterocycles. The van der Waals surface area contributed by atoms with Crippen molar-refractivity contribution in [1.29, 1.82) is 0 Å². The first-order valence-corrected chi connectivity index (χ1v) is 14.7. The molecule has 6 aliphatic carbocycles. The molecule has 1 unspecified atom stereocenters. The molecule has 0 N–H and O–H groups in total. The molecule has 0 saturated heterocycles. The van der Waals surface area contributed by atoms with Gasteiger partial charge in [0, 0.05) is 0 Å². The third kappa shape index (κ3) is 3.02. The van der Waals surface area contributed by atoms with Crippen LogP contribution < -0.4 is 0 Å². The number of rotatable bonds is 3. The monoisotopic (exact) mass is 497 g/mol. The van der Waals surface area contributed by atoms with Gasteiger partial charge in [-0.25, -0.2) is 0 Å². The molecule has 0 radical (unpaired) electrons. The average Bonchev–Trinajstić information content (AvgIpc) is 3.40. The standard InChI is InChI=1S/C31H35.Zr/c1-20-29(24-5-2-3-6-24)16-26-7-4-8-28(30(20)26)25-9-11-27(12-10-25)31-17-21-13-22(18-31)15-23(14-21)19-31;/h4,7-12,16,21-24H,2-3,5-6,13-15,17-19H2,1H3;. The zero-order valence-corrected chi connectivity index (χ0v) is 22.0. The van der Waals surface area contributed by atoms with Crippen LogP contribution in [0.2, 0.25) is 0 Å². The van der Waals surface area contributed by atoms with E-state index in [2.05, 4.69) is 49.4 Å². The summed E-state index contributed by atoms with van der Waals surface area (Å²) in [5.74, 6) is 3.90. The van der Waals surface area contributed by atoms with Crippen molar-refractivity contribution < 1.29 is 24.7 Å². The SMILES string of the molecule is CC1=C(C2CCCC2)[CH]([Zr])c2cccc(-c3ccc(C45CC6CC(CC(C6)C4)C5)cc3)c21. The van der Waals surface area contributed by atoms with E-state index in [0.717, 1.165) is 23.7 Å². The van der Waals surface area contributed by atoms with Crippen LogP contribution in [0.3, 0.4) is 0 Å². The number of benzene rings is 2. The number of allylic oxidation sites excluding steroid dienone is 2. The van der Waals surface area contributed by atoms with Gasteiger partial charge in [0.2, 0.25) is 0 Å². The predicted molar refractivity (Wildman–Crippen MR) is 129 cm³/mol. The van der Waals surface area contributed by atoms with E-state index in [1.807, 2.05) is 0 Å². The van der Waals surface area contributed by atoms with Gasteiger partial charge in [-0.1, -0.05) is 0 Å². The fraction of sp³-hybridized carbons (Fsp3) is 0.548. The Bertz CT molecular complexity index is 1050. The molecule has 0 nitrogen and oxygen atoms in total. The van der Waals surface area contributed by atoms with Gasteiger partial charge in [-0.3, -0.25) is 0 Å². The van der Waals surface area contributed by atoms with Gasteiger partial charge in [-0.15, -0.1) is 0 Å². The third-order valence-corrected chi connectivity index (χ3v) is 11.7. The molecule has 1 heteroatoms. The van der Waals surface area contributed by atoms with Crippen molar-refractivity contribution >= 4 is 5.57 Å². The quantitative estimate of drug-likeness (QED) is 0.398. The Morgan fingerprint density at radius 2 is 1.44 bits per heavy atom. The molecule has 2 aromatic carbocycles. The second-order valence-corrected chi connectivity index (χ2v) is 13.5. The minimum absolute atomic E-state index is 0.509. The van der Waals surface area contributed by atoms with E-state index in [4.69, 9.17) is 0 Å². The van der Waals surface area contributed by atoms with Crippen molar-refractivity contribution in [2.45, 2.75) is 80.2 Å². The summed E-state index contributed by atoms with van der Waals surface area (Å²) in [6, 6.07) is 17.1. The van der Waals surface area contributed by atoms with Crippen LogP contribution >= 0.6 is 0 Å². The number of fused-ring (bicyclic) bond motifs is 1. The van der Waals surface area contributed by atoms with Gasteiger partial charge < -0.3 is 0 Å². The molecule has 0 heterocycles. The van der Waals surface area contributed by atoms with E-state index in [1.54, 1.807) is 52.6 Å². The summed E-state index contributed by atoms with van der Waals surface area (Å²) in [7, 11) is 0. The van der Waals surface area contributed by atoms with Gasteiger partial charge in [-0.05, 0) is 0 Å². The molecule has 6 aliphatic rings. The average molecular weight is 499 g/mol. The van der Waals surface area contributed by atoms with Crippen molar-refractivity contribution in [3.8, 4) is 11.1 Å². The van der Waals surface area contributed by atoms with Gasteiger partial charge >= 0.3 is 210 Å². The minimum atomic E-state index is 0.509. The third-order valence-electron chi connectivity index (χ3n) is 10.2. The van der Waals surface area contributed by atoms with Gasteiger partial charge in [0.05, 0.1) is 0 Å². The zero-order chi connectivity index (χ0) is 21.4. The number of hydrogen-bond acceptors (Lipinski definition) is 0. The Labute approximate surface area is 209 Å². The second-order valence-electron chi connectivity index (χ2n) is 12.0. The van der Waals surface area contributed by atoms with Crippen LogP contribution in [0.25, 0.3) is 16.7 Å². The first kappa shape index (κ1) is 20.4. The van der Waals surface area contributed by atoms with Crippen molar-refractivity contribution in [3.05, 3.63) is 64.7 Å². The van der Waals surface area contributed by atoms with Gasteiger partial charge in [0.25, 0.3) is 0 Å². The Morgan fingerprint density at radius 3 is 2.06 bits per heavy atom. The van der Waals surface area contributed by atoms with Crippen LogP contribution in [-0.2, 0) is 30.1 Å². The summed E-state index contributed by atoms with van der Waals surface area (Å²) in [5, 5.41) is 0. The predicted octanol–water partition coefficient (Wildman–Crippen LogP) is 8.39. The van der Waals surface area contributed by atoms with Crippen LogP contribution in [0.5, 0.6) is 0 Å². The first-order chi connectivity index (χ1) is 15.6. The summed E-state index contributed by atoms with van der Waals surface area (Å²) in [5.41, 5.74) is 11.7. The van der Waals surface area contributed by atoms with E-state index >= 15 is 0 Å². The molecule has 4 bridgehead atoms. The molecule has 5 fully saturated rings. The van der Waals surface area contributed by atoms with E-state index in [1.165, 1.54) is 75.3 Å². The van der Waals surface area contributed by atoms with Crippen LogP contribution in [0.15, 0.2) is 48.0 Å².